The van der Waals surface area contributed by atoms with Crippen LogP contribution in [-0.4, -0.2) is 58.2 Å². The molecule has 2 N–H and O–H groups in total. The van der Waals surface area contributed by atoms with E-state index in [9.17, 15) is 4.79 Å². The van der Waals surface area contributed by atoms with E-state index in [4.69, 9.17) is 0 Å². The average Bonchev–Trinajstić information content (AvgIpc) is 3.25. The van der Waals surface area contributed by atoms with E-state index in [1.54, 1.807) is 0 Å². The second kappa shape index (κ2) is 9.46. The van der Waals surface area contributed by atoms with Gasteiger partial charge in [-0.15, -0.1) is 0 Å². The number of nitrogens with one attached hydrogen (secondary N) is 2. The van der Waals surface area contributed by atoms with Crippen LogP contribution in [0.4, 0.5) is 0 Å². The first-order chi connectivity index (χ1) is 15.3. The van der Waals surface area contributed by atoms with Crippen LogP contribution < -0.4 is 10.6 Å². The fourth-order valence-corrected chi connectivity index (χ4v) is 4.72. The Morgan fingerprint density at radius 1 is 1.34 bits per heavy atom. The van der Waals surface area contributed by atoms with Crippen LogP contribution in [0.5, 0.6) is 0 Å². The Labute approximate surface area is 190 Å². The lowest BCUT2D eigenvalue weighted by Crippen LogP contribution is -2.47. The van der Waals surface area contributed by atoms with E-state index < -0.39 is 0 Å². The number of hydrogen-bond acceptors (Lipinski definition) is 4. The van der Waals surface area contributed by atoms with E-state index in [-0.39, 0.29) is 18.0 Å². The molecule has 0 bridgehead atoms. The Bertz CT molecular complexity index is 1080. The molecule has 0 radical (unpaired) electrons. The molecule has 172 valence electrons. The number of benzene rings is 1. The van der Waals surface area contributed by atoms with Crippen molar-refractivity contribution in [3.63, 3.8) is 0 Å². The maximum atomic E-state index is 13.1. The van der Waals surface area contributed by atoms with Gasteiger partial charge in [-0.05, 0) is 50.0 Å². The molecule has 1 aliphatic heterocycles. The number of hydrogen-bond donors (Lipinski definition) is 2. The van der Waals surface area contributed by atoms with Crippen molar-refractivity contribution < 1.29 is 4.79 Å². The lowest BCUT2D eigenvalue weighted by molar-refractivity contribution is -0.123. The third-order valence-electron chi connectivity index (χ3n) is 6.33. The van der Waals surface area contributed by atoms with Crippen molar-refractivity contribution in [3.8, 4) is 0 Å². The summed E-state index contributed by atoms with van der Waals surface area (Å²) in [6.45, 7) is 6.68. The monoisotopic (exact) mass is 436 g/mol. The van der Waals surface area contributed by atoms with Crippen LogP contribution >= 0.6 is 0 Å². The molecule has 1 aromatic carbocycles. The van der Waals surface area contributed by atoms with Crippen molar-refractivity contribution in [1.29, 1.82) is 0 Å². The molecule has 7 nitrogen and oxygen atoms in total. The first-order valence-corrected chi connectivity index (χ1v) is 11.6. The van der Waals surface area contributed by atoms with Gasteiger partial charge in [0.2, 0.25) is 5.91 Å². The van der Waals surface area contributed by atoms with Gasteiger partial charge in [0.1, 0.15) is 5.82 Å². The van der Waals surface area contributed by atoms with E-state index in [0.717, 1.165) is 18.8 Å². The average molecular weight is 437 g/mol. The number of amides is 1. The van der Waals surface area contributed by atoms with Crippen molar-refractivity contribution in [3.05, 3.63) is 53.7 Å². The van der Waals surface area contributed by atoms with E-state index in [0.29, 0.717) is 25.4 Å². The molecule has 0 fully saturated rings. The second-order valence-electron chi connectivity index (χ2n) is 9.68. The molecular weight excluding hydrogens is 400 g/mol. The molecule has 3 heterocycles. The van der Waals surface area contributed by atoms with Crippen molar-refractivity contribution in [2.45, 2.75) is 45.3 Å². The topological polar surface area (TPSA) is 67.1 Å². The molecule has 0 saturated carbocycles. The summed E-state index contributed by atoms with van der Waals surface area (Å²) in [5.74, 6) is 1.63. The molecular formula is C25H36N6O. The van der Waals surface area contributed by atoms with Crippen molar-refractivity contribution in [2.24, 2.45) is 13.0 Å². The highest BCUT2D eigenvalue weighted by Gasteiger charge is 2.30. The van der Waals surface area contributed by atoms with Gasteiger partial charge in [0.25, 0.3) is 0 Å². The molecule has 2 aromatic heterocycles. The first-order valence-electron chi connectivity index (χ1n) is 11.6. The van der Waals surface area contributed by atoms with Crippen LogP contribution in [0.15, 0.2) is 36.8 Å². The van der Waals surface area contributed by atoms with E-state index in [1.165, 1.54) is 22.0 Å². The summed E-state index contributed by atoms with van der Waals surface area (Å²) in [5, 5.41) is 8.13. The number of imidazole rings is 1. The van der Waals surface area contributed by atoms with Gasteiger partial charge < -0.3 is 19.4 Å². The highest BCUT2D eigenvalue weighted by molar-refractivity contribution is 5.90. The summed E-state index contributed by atoms with van der Waals surface area (Å²) in [6.07, 6.45) is 7.72. The Morgan fingerprint density at radius 2 is 2.16 bits per heavy atom. The molecule has 2 atom stereocenters. The first kappa shape index (κ1) is 22.6. The van der Waals surface area contributed by atoms with Crippen LogP contribution in [0.3, 0.4) is 0 Å². The standard InChI is InChI=1S/C25H36N6O/c1-17(2)13-20-19-7-6-8-22-24(19)18(15-31(22)16-23-26-10-12-30(23)5)14-21(28-20)25(32)27-9-11-29(3)4/h6-8,10,12,15,17,20-21,28H,9,11,13-14,16H2,1-5H3,(H,27,32)/t20-,21-/m0/s1. The minimum absolute atomic E-state index is 0.0819. The number of nitrogens with zero attached hydrogens (tertiary/aromatic N) is 4. The molecule has 7 heteroatoms. The number of aromatic nitrogens is 3. The highest BCUT2D eigenvalue weighted by Crippen LogP contribution is 2.36. The Kier molecular flexibility index (Phi) is 6.67. The predicted molar refractivity (Wildman–Crippen MR) is 129 cm³/mol. The van der Waals surface area contributed by atoms with Gasteiger partial charge in [0.15, 0.2) is 0 Å². The van der Waals surface area contributed by atoms with Crippen LogP contribution in [0.2, 0.25) is 0 Å². The van der Waals surface area contributed by atoms with Gasteiger partial charge >= 0.3 is 0 Å². The third-order valence-corrected chi connectivity index (χ3v) is 6.33. The number of aryl methyl sites for hydroxylation is 1. The van der Waals surface area contributed by atoms with E-state index >= 15 is 0 Å². The van der Waals surface area contributed by atoms with Crippen LogP contribution in [0.25, 0.3) is 10.9 Å². The van der Waals surface area contributed by atoms with Crippen LogP contribution in [0.1, 0.15) is 43.3 Å². The number of likely N-dealkylation sites (N-methyl/N-ethyl adjacent to an activating group) is 1. The van der Waals surface area contributed by atoms with Gasteiger partial charge in [-0.25, -0.2) is 4.98 Å². The van der Waals surface area contributed by atoms with Crippen LogP contribution in [-0.2, 0) is 24.8 Å². The maximum Gasteiger partial charge on any atom is 0.237 e. The molecule has 32 heavy (non-hydrogen) atoms. The largest absolute Gasteiger partial charge is 0.353 e. The van der Waals surface area contributed by atoms with Gasteiger partial charge in [0.05, 0.1) is 12.6 Å². The maximum absolute atomic E-state index is 13.1. The van der Waals surface area contributed by atoms with Gasteiger partial charge in [-0.2, -0.15) is 0 Å². The van der Waals surface area contributed by atoms with Gasteiger partial charge in [0, 0.05) is 55.7 Å². The quantitative estimate of drug-likeness (QED) is 0.570. The molecule has 0 unspecified atom stereocenters. The SMILES string of the molecule is CC(C)C[C@@H]1N[C@H](C(=O)NCCN(C)C)Cc2cn(Cc3nccn3C)c3cccc1c23. The van der Waals surface area contributed by atoms with Crippen molar-refractivity contribution in [2.75, 3.05) is 27.2 Å². The lowest BCUT2D eigenvalue weighted by atomic mass is 9.94. The normalized spacial score (nSPS) is 18.5. The molecule has 0 spiro atoms. The zero-order valence-corrected chi connectivity index (χ0v) is 19.9. The number of carbonyl (C=O) groups excluding carboxylic acids is 1. The minimum atomic E-state index is -0.250. The number of carbonyl (C=O) groups is 1. The Hall–Kier alpha value is -2.64. The fraction of sp³-hybridized carbons (Fsp3) is 0.520. The summed E-state index contributed by atoms with van der Waals surface area (Å²) in [7, 11) is 6.07. The van der Waals surface area contributed by atoms with Gasteiger partial charge in [-0.1, -0.05) is 26.0 Å². The summed E-state index contributed by atoms with van der Waals surface area (Å²) in [6, 6.07) is 6.45. The molecule has 4 rings (SSSR count). The lowest BCUT2D eigenvalue weighted by Gasteiger charge is -2.25. The summed E-state index contributed by atoms with van der Waals surface area (Å²) in [4.78, 5) is 19.7. The van der Waals surface area contributed by atoms with Crippen molar-refractivity contribution >= 4 is 16.8 Å². The third kappa shape index (κ3) is 4.74. The molecule has 0 saturated heterocycles. The molecule has 1 aliphatic rings. The van der Waals surface area contributed by atoms with Gasteiger partial charge in [-0.3, -0.25) is 10.1 Å². The molecule has 3 aromatic rings. The minimum Gasteiger partial charge on any atom is -0.353 e. The fourth-order valence-electron chi connectivity index (χ4n) is 4.72. The number of rotatable bonds is 8. The molecule has 0 aliphatic carbocycles. The Morgan fingerprint density at radius 3 is 2.84 bits per heavy atom. The molecule has 1 amide bonds. The zero-order chi connectivity index (χ0) is 22.8. The smallest absolute Gasteiger partial charge is 0.237 e. The summed E-state index contributed by atoms with van der Waals surface area (Å²) < 4.78 is 4.35. The summed E-state index contributed by atoms with van der Waals surface area (Å²) in [5.41, 5.74) is 3.74. The van der Waals surface area contributed by atoms with E-state index in [2.05, 4.69) is 67.9 Å². The van der Waals surface area contributed by atoms with Crippen molar-refractivity contribution in [1.82, 2.24) is 29.7 Å². The Balaban J connectivity index is 1.70. The second-order valence-corrected chi connectivity index (χ2v) is 9.68. The highest BCUT2D eigenvalue weighted by atomic mass is 16.2. The zero-order valence-electron chi connectivity index (χ0n) is 19.9. The summed E-state index contributed by atoms with van der Waals surface area (Å²) >= 11 is 0. The predicted octanol–water partition coefficient (Wildman–Crippen LogP) is 2.70. The van der Waals surface area contributed by atoms with Crippen LogP contribution in [0, 0.1) is 5.92 Å². The van der Waals surface area contributed by atoms with E-state index in [1.807, 2.05) is 33.5 Å².